The monoisotopic (exact) mass is 245 g/mol. The summed E-state index contributed by atoms with van der Waals surface area (Å²) < 4.78 is 15.2. The van der Waals surface area contributed by atoms with Crippen molar-refractivity contribution in [3.05, 3.63) is 47.8 Å². The van der Waals surface area contributed by atoms with Crippen molar-refractivity contribution >= 4 is 0 Å². The average Bonchev–Trinajstić information content (AvgIpc) is 2.80. The molecule has 0 radical (unpaired) electrons. The van der Waals surface area contributed by atoms with Gasteiger partial charge in [0.1, 0.15) is 18.2 Å². The summed E-state index contributed by atoms with van der Waals surface area (Å²) in [6.45, 7) is 1.75. The van der Waals surface area contributed by atoms with E-state index in [9.17, 15) is 4.39 Å². The number of rotatable bonds is 3. The predicted molar refractivity (Wildman–Crippen MR) is 62.9 cm³/mol. The smallest absolute Gasteiger partial charge is 0.252 e. The fraction of sp³-hybridized carbons (Fsp3) is 0.250. The quantitative estimate of drug-likeness (QED) is 0.881. The molecule has 0 aliphatic carbocycles. The van der Waals surface area contributed by atoms with Crippen LogP contribution in [-0.4, -0.2) is 20.8 Å². The minimum atomic E-state index is -0.485. The van der Waals surface area contributed by atoms with Crippen LogP contribution in [0.1, 0.15) is 24.4 Å². The summed E-state index contributed by atoms with van der Waals surface area (Å²) in [5.41, 5.74) is 6.31. The third kappa shape index (κ3) is 2.21. The van der Waals surface area contributed by atoms with Crippen molar-refractivity contribution in [1.29, 1.82) is 5.26 Å². The van der Waals surface area contributed by atoms with Crippen molar-refractivity contribution in [2.24, 2.45) is 5.73 Å². The maximum atomic E-state index is 13.8. The van der Waals surface area contributed by atoms with Gasteiger partial charge in [0, 0.05) is 11.6 Å². The van der Waals surface area contributed by atoms with Crippen LogP contribution in [0.4, 0.5) is 4.39 Å². The number of nitrogens with zero attached hydrogens (tertiary/aromatic N) is 4. The van der Waals surface area contributed by atoms with Crippen molar-refractivity contribution < 1.29 is 4.39 Å². The van der Waals surface area contributed by atoms with Gasteiger partial charge in [-0.05, 0) is 13.0 Å². The Bertz CT molecular complexity index is 584. The van der Waals surface area contributed by atoms with E-state index in [1.165, 1.54) is 17.1 Å². The van der Waals surface area contributed by atoms with Gasteiger partial charge in [-0.1, -0.05) is 18.2 Å². The second-order valence-electron chi connectivity index (χ2n) is 3.99. The number of nitriles is 1. The normalized spacial score (nSPS) is 13.9. The van der Waals surface area contributed by atoms with E-state index in [-0.39, 0.29) is 17.7 Å². The molecule has 1 heterocycles. The molecule has 0 bridgehead atoms. The molecule has 0 saturated carbocycles. The van der Waals surface area contributed by atoms with E-state index in [1.807, 2.05) is 6.07 Å². The van der Waals surface area contributed by atoms with Gasteiger partial charge < -0.3 is 5.73 Å². The van der Waals surface area contributed by atoms with Gasteiger partial charge in [0.25, 0.3) is 5.82 Å². The molecule has 1 aromatic heterocycles. The summed E-state index contributed by atoms with van der Waals surface area (Å²) >= 11 is 0. The number of halogens is 1. The Labute approximate surface area is 104 Å². The van der Waals surface area contributed by atoms with Crippen LogP contribution in [0, 0.1) is 17.1 Å². The van der Waals surface area contributed by atoms with Gasteiger partial charge in [0.2, 0.25) is 0 Å². The zero-order chi connectivity index (χ0) is 13.1. The van der Waals surface area contributed by atoms with Crippen molar-refractivity contribution in [3.8, 4) is 6.07 Å². The van der Waals surface area contributed by atoms with Crippen LogP contribution in [0.15, 0.2) is 30.6 Å². The van der Waals surface area contributed by atoms with Crippen LogP contribution in [0.5, 0.6) is 0 Å². The molecule has 18 heavy (non-hydrogen) atoms. The molecule has 2 aromatic rings. The maximum Gasteiger partial charge on any atom is 0.252 e. The third-order valence-electron chi connectivity index (χ3n) is 2.62. The molecule has 1 aromatic carbocycles. The number of aromatic nitrogens is 3. The van der Waals surface area contributed by atoms with E-state index >= 15 is 0 Å². The number of hydrogen-bond acceptors (Lipinski definition) is 4. The average molecular weight is 245 g/mol. The third-order valence-corrected chi connectivity index (χ3v) is 2.62. The lowest BCUT2D eigenvalue weighted by Gasteiger charge is -2.21. The van der Waals surface area contributed by atoms with Crippen molar-refractivity contribution in [3.63, 3.8) is 0 Å². The molecule has 6 heteroatoms. The molecule has 2 N–H and O–H groups in total. The van der Waals surface area contributed by atoms with Crippen LogP contribution in [0.3, 0.4) is 0 Å². The van der Waals surface area contributed by atoms with Gasteiger partial charge in [-0.2, -0.15) is 5.26 Å². The summed E-state index contributed by atoms with van der Waals surface area (Å²) in [7, 11) is 0. The first-order valence-corrected chi connectivity index (χ1v) is 5.44. The summed E-state index contributed by atoms with van der Waals surface area (Å²) in [6, 6.07) is 7.34. The zero-order valence-electron chi connectivity index (χ0n) is 9.79. The van der Waals surface area contributed by atoms with Gasteiger partial charge in [-0.25, -0.2) is 14.1 Å². The second-order valence-corrected chi connectivity index (χ2v) is 3.99. The highest BCUT2D eigenvalue weighted by atomic mass is 19.1. The lowest BCUT2D eigenvalue weighted by molar-refractivity contribution is 0.433. The summed E-state index contributed by atoms with van der Waals surface area (Å²) in [6.07, 6.45) is 1.39. The maximum absolute atomic E-state index is 13.8. The van der Waals surface area contributed by atoms with E-state index in [4.69, 9.17) is 11.0 Å². The Morgan fingerprint density at radius 2 is 2.17 bits per heavy atom. The first kappa shape index (κ1) is 12.2. The van der Waals surface area contributed by atoms with E-state index < -0.39 is 6.04 Å². The molecule has 92 valence electrons. The summed E-state index contributed by atoms with van der Waals surface area (Å²) in [5, 5.41) is 12.7. The minimum Gasteiger partial charge on any atom is -0.326 e. The molecule has 0 saturated heterocycles. The second kappa shape index (κ2) is 4.94. The molecule has 0 aliphatic heterocycles. The molecule has 2 unspecified atom stereocenters. The SMILES string of the molecule is CC(N)C(c1ccccc1F)n1cnc(C#N)n1. The fourth-order valence-corrected chi connectivity index (χ4v) is 1.84. The highest BCUT2D eigenvalue weighted by Crippen LogP contribution is 2.22. The molecule has 0 amide bonds. The molecule has 0 fully saturated rings. The van der Waals surface area contributed by atoms with Gasteiger partial charge in [-0.3, -0.25) is 0 Å². The topological polar surface area (TPSA) is 80.5 Å². The molecule has 2 atom stereocenters. The van der Waals surface area contributed by atoms with Gasteiger partial charge in [0.05, 0.1) is 6.04 Å². The first-order chi connectivity index (χ1) is 8.63. The van der Waals surface area contributed by atoms with Crippen molar-refractivity contribution in [1.82, 2.24) is 14.8 Å². The summed E-state index contributed by atoms with van der Waals surface area (Å²) in [4.78, 5) is 3.81. The number of nitrogens with two attached hydrogens (primary N) is 1. The van der Waals surface area contributed by atoms with Gasteiger partial charge in [0.15, 0.2) is 0 Å². The fourth-order valence-electron chi connectivity index (χ4n) is 1.84. The molecular weight excluding hydrogens is 233 g/mol. The molecule has 5 nitrogen and oxygen atoms in total. The predicted octanol–water partition coefficient (Wildman–Crippen LogP) is 1.23. The zero-order valence-corrected chi connectivity index (χ0v) is 9.79. The van der Waals surface area contributed by atoms with Crippen LogP contribution in [-0.2, 0) is 0 Å². The van der Waals surface area contributed by atoms with Crippen molar-refractivity contribution in [2.45, 2.75) is 19.0 Å². The van der Waals surface area contributed by atoms with Crippen LogP contribution < -0.4 is 5.73 Å². The summed E-state index contributed by atoms with van der Waals surface area (Å²) in [5.74, 6) is -0.314. The molecule has 0 aliphatic rings. The Morgan fingerprint density at radius 1 is 1.44 bits per heavy atom. The van der Waals surface area contributed by atoms with Crippen molar-refractivity contribution in [2.75, 3.05) is 0 Å². The first-order valence-electron chi connectivity index (χ1n) is 5.44. The van der Waals surface area contributed by atoms with Crippen LogP contribution in [0.2, 0.25) is 0 Å². The Hall–Kier alpha value is -2.26. The largest absolute Gasteiger partial charge is 0.326 e. The van der Waals surface area contributed by atoms with Crippen LogP contribution in [0.25, 0.3) is 0 Å². The van der Waals surface area contributed by atoms with Gasteiger partial charge >= 0.3 is 0 Å². The van der Waals surface area contributed by atoms with E-state index in [0.29, 0.717) is 5.56 Å². The van der Waals surface area contributed by atoms with E-state index in [2.05, 4.69) is 10.1 Å². The van der Waals surface area contributed by atoms with E-state index in [0.717, 1.165) is 0 Å². The number of benzene rings is 1. The lowest BCUT2D eigenvalue weighted by atomic mass is 10.0. The number of hydrogen-bond donors (Lipinski definition) is 1. The van der Waals surface area contributed by atoms with E-state index in [1.54, 1.807) is 25.1 Å². The lowest BCUT2D eigenvalue weighted by Crippen LogP contribution is -2.31. The van der Waals surface area contributed by atoms with Gasteiger partial charge in [-0.15, -0.1) is 5.10 Å². The molecule has 2 rings (SSSR count). The minimum absolute atomic E-state index is 0.0389. The highest BCUT2D eigenvalue weighted by Gasteiger charge is 2.22. The standard InChI is InChI=1S/C12H12FN5/c1-8(15)12(9-4-2-3-5-10(9)13)18-7-16-11(6-14)17-18/h2-5,7-8,12H,15H2,1H3. The Balaban J connectivity index is 2.47. The Kier molecular flexibility index (Phi) is 3.35. The van der Waals surface area contributed by atoms with Crippen LogP contribution >= 0.6 is 0 Å². The Morgan fingerprint density at radius 3 is 2.72 bits per heavy atom. The molecule has 0 spiro atoms. The highest BCUT2D eigenvalue weighted by molar-refractivity contribution is 5.23. The molecular formula is C12H12FN5.